The summed E-state index contributed by atoms with van der Waals surface area (Å²) in [6.07, 6.45) is 1.14. The second-order valence-electron chi connectivity index (χ2n) is 4.00. The summed E-state index contributed by atoms with van der Waals surface area (Å²) < 4.78 is 39.8. The highest BCUT2D eigenvalue weighted by Crippen LogP contribution is 2.21. The summed E-state index contributed by atoms with van der Waals surface area (Å²) in [6, 6.07) is 10.1. The molecule has 1 amide bonds. The van der Waals surface area contributed by atoms with Crippen molar-refractivity contribution >= 4 is 22.0 Å². The number of aromatic nitrogens is 1. The summed E-state index contributed by atoms with van der Waals surface area (Å²) in [5.41, 5.74) is 0.534. The summed E-state index contributed by atoms with van der Waals surface area (Å²) in [4.78, 5) is 14.4. The van der Waals surface area contributed by atoms with Gasteiger partial charge in [-0.15, -0.1) is 3.89 Å². The number of rotatable bonds is 4. The average Bonchev–Trinajstić information content (AvgIpc) is 2.46. The third-order valence-electron chi connectivity index (χ3n) is 2.50. The van der Waals surface area contributed by atoms with E-state index in [9.17, 15) is 17.1 Å². The molecule has 0 aliphatic heterocycles. The van der Waals surface area contributed by atoms with Crippen molar-refractivity contribution in [1.82, 2.24) is 4.98 Å². The van der Waals surface area contributed by atoms with Gasteiger partial charge in [0.1, 0.15) is 11.5 Å². The minimum absolute atomic E-state index is 0.00939. The lowest BCUT2D eigenvalue weighted by Crippen LogP contribution is -2.15. The zero-order valence-corrected chi connectivity index (χ0v) is 11.5. The summed E-state index contributed by atoms with van der Waals surface area (Å²) in [5, 5.41) is 2.17. The van der Waals surface area contributed by atoms with Crippen LogP contribution in [0.25, 0.3) is 0 Å². The van der Waals surface area contributed by atoms with Crippen LogP contribution in [0.1, 0.15) is 5.56 Å². The second-order valence-corrected chi connectivity index (χ2v) is 5.31. The van der Waals surface area contributed by atoms with Crippen LogP contribution in [0, 0.1) is 0 Å². The SMILES string of the molecule is O=C(Nc1ccncc1S(=O)(=O)F)OCc1ccccc1. The summed E-state index contributed by atoms with van der Waals surface area (Å²) >= 11 is 0. The Morgan fingerprint density at radius 2 is 1.95 bits per heavy atom. The zero-order chi connectivity index (χ0) is 15.3. The molecule has 1 N–H and O–H groups in total. The van der Waals surface area contributed by atoms with Crippen molar-refractivity contribution in [3.8, 4) is 0 Å². The van der Waals surface area contributed by atoms with Crippen LogP contribution in [0.15, 0.2) is 53.7 Å². The third-order valence-corrected chi connectivity index (χ3v) is 3.35. The van der Waals surface area contributed by atoms with Crippen LogP contribution in [0.3, 0.4) is 0 Å². The number of carbonyl (C=O) groups is 1. The Kier molecular flexibility index (Phi) is 4.49. The minimum atomic E-state index is -4.98. The van der Waals surface area contributed by atoms with Gasteiger partial charge in [0.25, 0.3) is 0 Å². The molecule has 1 aromatic heterocycles. The van der Waals surface area contributed by atoms with E-state index in [1.165, 1.54) is 6.20 Å². The van der Waals surface area contributed by atoms with Crippen molar-refractivity contribution in [2.45, 2.75) is 11.5 Å². The van der Waals surface area contributed by atoms with Gasteiger partial charge >= 0.3 is 16.3 Å². The Morgan fingerprint density at radius 3 is 2.62 bits per heavy atom. The first kappa shape index (κ1) is 14.9. The summed E-state index contributed by atoms with van der Waals surface area (Å²) in [5.74, 6) is 0. The van der Waals surface area contributed by atoms with Crippen molar-refractivity contribution < 1.29 is 21.8 Å². The van der Waals surface area contributed by atoms with E-state index < -0.39 is 21.2 Å². The Hall–Kier alpha value is -2.48. The lowest BCUT2D eigenvalue weighted by Gasteiger charge is -2.08. The predicted molar refractivity (Wildman–Crippen MR) is 72.8 cm³/mol. The molecular formula is C13H11FN2O4S. The highest BCUT2D eigenvalue weighted by molar-refractivity contribution is 7.86. The van der Waals surface area contributed by atoms with Gasteiger partial charge < -0.3 is 4.74 Å². The second kappa shape index (κ2) is 6.31. The molecule has 0 radical (unpaired) electrons. The van der Waals surface area contributed by atoms with Gasteiger partial charge in [-0.2, -0.15) is 8.42 Å². The highest BCUT2D eigenvalue weighted by Gasteiger charge is 2.19. The molecule has 2 rings (SSSR count). The molecular weight excluding hydrogens is 299 g/mol. The zero-order valence-electron chi connectivity index (χ0n) is 10.7. The van der Waals surface area contributed by atoms with E-state index in [-0.39, 0.29) is 12.3 Å². The van der Waals surface area contributed by atoms with E-state index in [2.05, 4.69) is 10.3 Å². The standard InChI is InChI=1S/C13H11FN2O4S/c14-21(18,19)12-8-15-7-6-11(12)16-13(17)20-9-10-4-2-1-3-5-10/h1-8H,9H2,(H,15,16,17). The predicted octanol–water partition coefficient (Wildman–Crippen LogP) is 2.49. The van der Waals surface area contributed by atoms with Crippen molar-refractivity contribution in [3.63, 3.8) is 0 Å². The smallest absolute Gasteiger partial charge is 0.411 e. The third kappa shape index (κ3) is 4.25. The lowest BCUT2D eigenvalue weighted by atomic mass is 10.2. The number of ether oxygens (including phenoxy) is 1. The first-order chi connectivity index (χ1) is 9.97. The number of hydrogen-bond donors (Lipinski definition) is 1. The molecule has 0 spiro atoms. The van der Waals surface area contributed by atoms with E-state index in [0.29, 0.717) is 0 Å². The molecule has 2 aromatic rings. The monoisotopic (exact) mass is 310 g/mol. The molecule has 110 valence electrons. The maximum absolute atomic E-state index is 13.0. The first-order valence-electron chi connectivity index (χ1n) is 5.83. The summed E-state index contributed by atoms with van der Waals surface area (Å²) in [7, 11) is -4.98. The van der Waals surface area contributed by atoms with Crippen LogP contribution in [0.5, 0.6) is 0 Å². The number of hydrogen-bond acceptors (Lipinski definition) is 5. The molecule has 1 aromatic carbocycles. The van der Waals surface area contributed by atoms with Crippen LogP contribution >= 0.6 is 0 Å². The fourth-order valence-electron chi connectivity index (χ4n) is 1.55. The lowest BCUT2D eigenvalue weighted by molar-refractivity contribution is 0.155. The molecule has 0 aliphatic rings. The van der Waals surface area contributed by atoms with Crippen LogP contribution < -0.4 is 5.32 Å². The number of benzene rings is 1. The fraction of sp³-hybridized carbons (Fsp3) is 0.0769. The molecule has 0 fully saturated rings. The molecule has 0 saturated heterocycles. The van der Waals surface area contributed by atoms with Gasteiger partial charge in [-0.3, -0.25) is 10.3 Å². The van der Waals surface area contributed by atoms with Crippen LogP contribution in [-0.2, 0) is 21.6 Å². The number of carbonyl (C=O) groups excluding carboxylic acids is 1. The van der Waals surface area contributed by atoms with Gasteiger partial charge in [0.05, 0.1) is 11.9 Å². The largest absolute Gasteiger partial charge is 0.444 e. The minimum Gasteiger partial charge on any atom is -0.444 e. The number of anilines is 1. The van der Waals surface area contributed by atoms with Crippen LogP contribution in [-0.4, -0.2) is 19.5 Å². The number of halogens is 1. The molecule has 0 saturated carbocycles. The van der Waals surface area contributed by atoms with Crippen molar-refractivity contribution in [2.75, 3.05) is 5.32 Å². The number of pyridine rings is 1. The van der Waals surface area contributed by atoms with Gasteiger partial charge in [0, 0.05) is 6.20 Å². The number of amides is 1. The average molecular weight is 310 g/mol. The molecule has 0 bridgehead atoms. The molecule has 0 atom stereocenters. The maximum Gasteiger partial charge on any atom is 0.411 e. The molecule has 21 heavy (non-hydrogen) atoms. The van der Waals surface area contributed by atoms with E-state index >= 15 is 0 Å². The first-order valence-corrected chi connectivity index (χ1v) is 7.21. The normalized spacial score (nSPS) is 10.9. The highest BCUT2D eigenvalue weighted by atomic mass is 32.3. The van der Waals surface area contributed by atoms with Gasteiger partial charge in [-0.05, 0) is 11.6 Å². The van der Waals surface area contributed by atoms with Crippen molar-refractivity contribution in [2.24, 2.45) is 0 Å². The van der Waals surface area contributed by atoms with Crippen LogP contribution in [0.4, 0.5) is 14.4 Å². The van der Waals surface area contributed by atoms with E-state index in [0.717, 1.165) is 17.8 Å². The van der Waals surface area contributed by atoms with E-state index in [1.807, 2.05) is 6.07 Å². The van der Waals surface area contributed by atoms with Gasteiger partial charge in [0.15, 0.2) is 0 Å². The van der Waals surface area contributed by atoms with Crippen LogP contribution in [0.2, 0.25) is 0 Å². The Bertz CT molecular complexity index is 735. The van der Waals surface area contributed by atoms with E-state index in [1.54, 1.807) is 24.3 Å². The molecule has 8 heteroatoms. The molecule has 1 heterocycles. The molecule has 0 unspecified atom stereocenters. The topological polar surface area (TPSA) is 85.4 Å². The fourth-order valence-corrected chi connectivity index (χ4v) is 2.12. The van der Waals surface area contributed by atoms with Gasteiger partial charge in [-0.25, -0.2) is 4.79 Å². The van der Waals surface area contributed by atoms with Crippen molar-refractivity contribution in [3.05, 3.63) is 54.4 Å². The Morgan fingerprint density at radius 1 is 1.24 bits per heavy atom. The Labute approximate surface area is 120 Å². The van der Waals surface area contributed by atoms with Gasteiger partial charge in [0.2, 0.25) is 0 Å². The number of nitrogens with zero attached hydrogens (tertiary/aromatic N) is 1. The van der Waals surface area contributed by atoms with Gasteiger partial charge in [-0.1, -0.05) is 30.3 Å². The maximum atomic E-state index is 13.0. The van der Waals surface area contributed by atoms with Crippen molar-refractivity contribution in [1.29, 1.82) is 0 Å². The Balaban J connectivity index is 2.04. The van der Waals surface area contributed by atoms with E-state index in [4.69, 9.17) is 4.74 Å². The number of nitrogens with one attached hydrogen (secondary N) is 1. The quantitative estimate of drug-likeness (QED) is 0.877. The summed E-state index contributed by atoms with van der Waals surface area (Å²) in [6.45, 7) is 0.00939. The molecule has 6 nitrogen and oxygen atoms in total. The molecule has 0 aliphatic carbocycles.